The van der Waals surface area contributed by atoms with Crippen LogP contribution in [0, 0.1) is 11.8 Å². The zero-order valence-corrected chi connectivity index (χ0v) is 11.0. The van der Waals surface area contributed by atoms with Gasteiger partial charge in [-0.2, -0.15) is 13.2 Å². The van der Waals surface area contributed by atoms with E-state index < -0.39 is 11.7 Å². The van der Waals surface area contributed by atoms with Gasteiger partial charge in [-0.05, 0) is 37.6 Å². The molecular formula is C14H18F3NO2. The summed E-state index contributed by atoms with van der Waals surface area (Å²) in [5.41, 5.74) is -0.777. The largest absolute Gasteiger partial charge is 0.493 e. The molecule has 0 aliphatic carbocycles. The average Bonchev–Trinajstić information content (AvgIpc) is 2.93. The van der Waals surface area contributed by atoms with Gasteiger partial charge in [-0.3, -0.25) is 0 Å². The van der Waals surface area contributed by atoms with Gasteiger partial charge in [0.2, 0.25) is 0 Å². The zero-order chi connectivity index (χ0) is 14.6. The first-order chi connectivity index (χ1) is 9.52. The topological polar surface area (TPSA) is 41.5 Å². The number of halogens is 3. The van der Waals surface area contributed by atoms with Crippen molar-refractivity contribution in [2.24, 2.45) is 11.8 Å². The van der Waals surface area contributed by atoms with E-state index in [1.807, 2.05) is 0 Å². The molecule has 1 heterocycles. The van der Waals surface area contributed by atoms with Crippen LogP contribution in [0.1, 0.15) is 12.0 Å². The van der Waals surface area contributed by atoms with E-state index in [2.05, 4.69) is 5.32 Å². The summed E-state index contributed by atoms with van der Waals surface area (Å²) in [4.78, 5) is 0. The molecule has 1 fully saturated rings. The molecule has 1 aliphatic heterocycles. The first kappa shape index (κ1) is 15.1. The lowest BCUT2D eigenvalue weighted by Crippen LogP contribution is -2.27. The minimum atomic E-state index is -4.43. The Kier molecular flexibility index (Phi) is 4.88. The number of ether oxygens (including phenoxy) is 1. The molecule has 20 heavy (non-hydrogen) atoms. The number of aliphatic hydroxyl groups excluding tert-OH is 1. The highest BCUT2D eigenvalue weighted by Crippen LogP contribution is 2.36. The van der Waals surface area contributed by atoms with E-state index in [0.717, 1.165) is 25.6 Å². The average molecular weight is 289 g/mol. The smallest absolute Gasteiger partial charge is 0.419 e. The second-order valence-electron chi connectivity index (χ2n) is 5.00. The molecule has 0 amide bonds. The third kappa shape index (κ3) is 3.64. The lowest BCUT2D eigenvalue weighted by molar-refractivity contribution is -0.139. The van der Waals surface area contributed by atoms with Crippen LogP contribution < -0.4 is 10.1 Å². The third-order valence-corrected chi connectivity index (χ3v) is 3.64. The van der Waals surface area contributed by atoms with Crippen LogP contribution in [0.2, 0.25) is 0 Å². The normalized spacial score (nSPS) is 20.9. The van der Waals surface area contributed by atoms with Crippen LogP contribution in [0.15, 0.2) is 24.3 Å². The molecule has 0 saturated carbocycles. The minimum absolute atomic E-state index is 0.0828. The third-order valence-electron chi connectivity index (χ3n) is 3.64. The summed E-state index contributed by atoms with van der Waals surface area (Å²) >= 11 is 0. The summed E-state index contributed by atoms with van der Waals surface area (Å²) in [5, 5.41) is 12.5. The monoisotopic (exact) mass is 289 g/mol. The highest BCUT2D eigenvalue weighted by atomic mass is 19.4. The molecule has 1 saturated heterocycles. The van der Waals surface area contributed by atoms with Crippen molar-refractivity contribution in [1.29, 1.82) is 0 Å². The number of hydrogen-bond acceptors (Lipinski definition) is 3. The Morgan fingerprint density at radius 2 is 2.10 bits per heavy atom. The van der Waals surface area contributed by atoms with Gasteiger partial charge in [0.15, 0.2) is 0 Å². The number of benzene rings is 1. The molecule has 2 rings (SSSR count). The molecule has 1 aromatic carbocycles. The van der Waals surface area contributed by atoms with Crippen LogP contribution in [0.5, 0.6) is 5.75 Å². The molecule has 0 spiro atoms. The number of hydrogen-bond donors (Lipinski definition) is 2. The number of rotatable bonds is 5. The van der Waals surface area contributed by atoms with Crippen LogP contribution in [-0.2, 0) is 6.18 Å². The van der Waals surface area contributed by atoms with Crippen LogP contribution in [0.25, 0.3) is 0 Å². The summed E-state index contributed by atoms with van der Waals surface area (Å²) in [6.45, 7) is 1.66. The SMILES string of the molecule is OCC(COc1ccccc1C(F)(F)F)C1CCNC1. The molecule has 0 radical (unpaired) electrons. The van der Waals surface area contributed by atoms with Crippen LogP contribution in [0.4, 0.5) is 13.2 Å². The van der Waals surface area contributed by atoms with E-state index in [0.29, 0.717) is 0 Å². The lowest BCUT2D eigenvalue weighted by atomic mass is 9.93. The van der Waals surface area contributed by atoms with E-state index in [1.54, 1.807) is 0 Å². The van der Waals surface area contributed by atoms with Gasteiger partial charge < -0.3 is 15.2 Å². The summed E-state index contributed by atoms with van der Waals surface area (Å²) in [6.07, 6.45) is -3.52. The van der Waals surface area contributed by atoms with Crippen molar-refractivity contribution in [2.75, 3.05) is 26.3 Å². The van der Waals surface area contributed by atoms with Gasteiger partial charge in [0.1, 0.15) is 5.75 Å². The molecule has 1 aromatic rings. The van der Waals surface area contributed by atoms with Crippen LogP contribution in [-0.4, -0.2) is 31.4 Å². The quantitative estimate of drug-likeness (QED) is 0.874. The Bertz CT molecular complexity index is 431. The number of nitrogens with one attached hydrogen (secondary N) is 1. The second-order valence-corrected chi connectivity index (χ2v) is 5.00. The minimum Gasteiger partial charge on any atom is -0.493 e. The first-order valence-electron chi connectivity index (χ1n) is 6.63. The Hall–Kier alpha value is -1.27. The fraction of sp³-hybridized carbons (Fsp3) is 0.571. The van der Waals surface area contributed by atoms with Crippen molar-refractivity contribution in [1.82, 2.24) is 5.32 Å². The van der Waals surface area contributed by atoms with Crippen molar-refractivity contribution in [3.8, 4) is 5.75 Å². The standard InChI is InChI=1S/C14H18F3NO2/c15-14(16,17)12-3-1-2-4-13(12)20-9-11(8-19)10-5-6-18-7-10/h1-4,10-11,18-19H,5-9H2. The van der Waals surface area contributed by atoms with Gasteiger partial charge >= 0.3 is 6.18 Å². The summed E-state index contributed by atoms with van der Waals surface area (Å²) in [6, 6.07) is 5.15. The Morgan fingerprint density at radius 3 is 2.70 bits per heavy atom. The number of para-hydroxylation sites is 1. The molecule has 6 heteroatoms. The molecular weight excluding hydrogens is 271 g/mol. The maximum absolute atomic E-state index is 12.8. The van der Waals surface area contributed by atoms with Crippen LogP contribution in [0.3, 0.4) is 0 Å². The maximum Gasteiger partial charge on any atom is 0.419 e. The Morgan fingerprint density at radius 1 is 1.35 bits per heavy atom. The van der Waals surface area contributed by atoms with Gasteiger partial charge in [0.25, 0.3) is 0 Å². The van der Waals surface area contributed by atoms with Crippen molar-refractivity contribution in [3.63, 3.8) is 0 Å². The van der Waals surface area contributed by atoms with E-state index in [-0.39, 0.29) is 30.8 Å². The fourth-order valence-corrected chi connectivity index (χ4v) is 2.44. The molecule has 0 bridgehead atoms. The summed E-state index contributed by atoms with van der Waals surface area (Å²) < 4.78 is 43.8. The van der Waals surface area contributed by atoms with Gasteiger partial charge in [-0.15, -0.1) is 0 Å². The first-order valence-corrected chi connectivity index (χ1v) is 6.63. The van der Waals surface area contributed by atoms with Gasteiger partial charge in [-0.25, -0.2) is 0 Å². The highest BCUT2D eigenvalue weighted by molar-refractivity contribution is 5.35. The van der Waals surface area contributed by atoms with Crippen molar-refractivity contribution < 1.29 is 23.0 Å². The van der Waals surface area contributed by atoms with Gasteiger partial charge in [0, 0.05) is 12.5 Å². The Balaban J connectivity index is 2.02. The van der Waals surface area contributed by atoms with E-state index in [9.17, 15) is 18.3 Å². The molecule has 0 aromatic heterocycles. The maximum atomic E-state index is 12.8. The lowest BCUT2D eigenvalue weighted by Gasteiger charge is -2.22. The van der Waals surface area contributed by atoms with Gasteiger partial charge in [-0.1, -0.05) is 12.1 Å². The zero-order valence-electron chi connectivity index (χ0n) is 11.0. The second kappa shape index (κ2) is 6.45. The van der Waals surface area contributed by atoms with Crippen LogP contribution >= 0.6 is 0 Å². The fourth-order valence-electron chi connectivity index (χ4n) is 2.44. The molecule has 2 atom stereocenters. The number of alkyl halides is 3. The van der Waals surface area contributed by atoms with E-state index >= 15 is 0 Å². The van der Waals surface area contributed by atoms with Gasteiger partial charge in [0.05, 0.1) is 12.2 Å². The number of aliphatic hydroxyl groups is 1. The van der Waals surface area contributed by atoms with Crippen molar-refractivity contribution >= 4 is 0 Å². The molecule has 1 aliphatic rings. The Labute approximate surface area is 115 Å². The molecule has 3 nitrogen and oxygen atoms in total. The molecule has 2 N–H and O–H groups in total. The predicted molar refractivity (Wildman–Crippen MR) is 68.5 cm³/mol. The summed E-state index contributed by atoms with van der Waals surface area (Å²) in [5.74, 6) is -0.0752. The highest BCUT2D eigenvalue weighted by Gasteiger charge is 2.34. The van der Waals surface area contributed by atoms with Crippen molar-refractivity contribution in [2.45, 2.75) is 12.6 Å². The molecule has 112 valence electrons. The molecule has 2 unspecified atom stereocenters. The predicted octanol–water partition coefficient (Wildman–Crippen LogP) is 2.30. The van der Waals surface area contributed by atoms with E-state index in [4.69, 9.17) is 4.74 Å². The van der Waals surface area contributed by atoms with E-state index in [1.165, 1.54) is 18.2 Å². The van der Waals surface area contributed by atoms with Crippen molar-refractivity contribution in [3.05, 3.63) is 29.8 Å². The summed E-state index contributed by atoms with van der Waals surface area (Å²) in [7, 11) is 0.